The predicted molar refractivity (Wildman–Crippen MR) is 59.3 cm³/mol. The van der Waals surface area contributed by atoms with Gasteiger partial charge in [-0.05, 0) is 26.7 Å². The van der Waals surface area contributed by atoms with Crippen LogP contribution in [-0.4, -0.2) is 35.5 Å². The van der Waals surface area contributed by atoms with Crippen LogP contribution < -0.4 is 5.32 Å². The Morgan fingerprint density at radius 2 is 1.57 bits per heavy atom. The summed E-state index contributed by atoms with van der Waals surface area (Å²) < 4.78 is 0. The zero-order chi connectivity index (χ0) is 11.2. The summed E-state index contributed by atoms with van der Waals surface area (Å²) in [5.41, 5.74) is -0.700. The second-order valence-electron chi connectivity index (χ2n) is 4.78. The summed E-state index contributed by atoms with van der Waals surface area (Å²) in [4.78, 5) is 0. The monoisotopic (exact) mass is 203 g/mol. The molecule has 0 fully saturated rings. The zero-order valence-electron chi connectivity index (χ0n) is 9.93. The lowest BCUT2D eigenvalue weighted by atomic mass is 9.83. The molecule has 0 amide bonds. The molecule has 3 nitrogen and oxygen atoms in total. The molecule has 86 valence electrons. The molecule has 0 saturated carbocycles. The van der Waals surface area contributed by atoms with E-state index < -0.39 is 5.60 Å². The van der Waals surface area contributed by atoms with Crippen molar-refractivity contribution in [3.63, 3.8) is 0 Å². The lowest BCUT2D eigenvalue weighted by Crippen LogP contribution is -2.42. The van der Waals surface area contributed by atoms with E-state index in [1.807, 2.05) is 0 Å². The Morgan fingerprint density at radius 1 is 1.07 bits per heavy atom. The van der Waals surface area contributed by atoms with Gasteiger partial charge in [-0.2, -0.15) is 0 Å². The maximum atomic E-state index is 9.51. The van der Waals surface area contributed by atoms with Crippen LogP contribution in [0.4, 0.5) is 0 Å². The molecule has 3 heteroatoms. The van der Waals surface area contributed by atoms with Gasteiger partial charge in [0.2, 0.25) is 0 Å². The first-order valence-corrected chi connectivity index (χ1v) is 5.43. The van der Waals surface area contributed by atoms with Gasteiger partial charge in [0.1, 0.15) is 0 Å². The maximum absolute atomic E-state index is 9.51. The molecule has 3 N–H and O–H groups in total. The van der Waals surface area contributed by atoms with Gasteiger partial charge in [-0.3, -0.25) is 0 Å². The largest absolute Gasteiger partial charge is 0.396 e. The first kappa shape index (κ1) is 13.9. The van der Waals surface area contributed by atoms with E-state index in [1.165, 1.54) is 0 Å². The lowest BCUT2D eigenvalue weighted by molar-refractivity contribution is 0.0654. The van der Waals surface area contributed by atoms with Crippen LogP contribution in [0.2, 0.25) is 0 Å². The summed E-state index contributed by atoms with van der Waals surface area (Å²) in [6.07, 6.45) is 1.91. The van der Waals surface area contributed by atoms with Crippen molar-refractivity contribution >= 4 is 0 Å². The second kappa shape index (κ2) is 5.69. The average molecular weight is 203 g/mol. The van der Waals surface area contributed by atoms with Crippen molar-refractivity contribution < 1.29 is 10.2 Å². The van der Waals surface area contributed by atoms with Crippen LogP contribution in [0.5, 0.6) is 0 Å². The topological polar surface area (TPSA) is 52.5 Å². The van der Waals surface area contributed by atoms with Gasteiger partial charge in [-0.15, -0.1) is 0 Å². The van der Waals surface area contributed by atoms with E-state index in [9.17, 15) is 10.2 Å². The Morgan fingerprint density at radius 3 is 1.86 bits per heavy atom. The summed E-state index contributed by atoms with van der Waals surface area (Å²) in [5.74, 6) is 0. The number of rotatable bonds is 7. The number of aliphatic hydroxyl groups is 2. The van der Waals surface area contributed by atoms with Crippen molar-refractivity contribution in [1.29, 1.82) is 0 Å². The predicted octanol–water partition coefficient (Wildman–Crippen LogP) is 1.15. The molecule has 0 saturated heterocycles. The normalized spacial score (nSPS) is 13.3. The van der Waals surface area contributed by atoms with Crippen molar-refractivity contribution in [3.8, 4) is 0 Å². The summed E-state index contributed by atoms with van der Waals surface area (Å²) in [5, 5.41) is 22.0. The van der Waals surface area contributed by atoms with Gasteiger partial charge in [-0.25, -0.2) is 0 Å². The maximum Gasteiger partial charge on any atom is 0.0715 e. The van der Waals surface area contributed by atoms with Gasteiger partial charge in [0.25, 0.3) is 0 Å². The Labute approximate surface area is 87.5 Å². The van der Waals surface area contributed by atoms with Crippen molar-refractivity contribution in [3.05, 3.63) is 0 Å². The van der Waals surface area contributed by atoms with Crippen LogP contribution in [0, 0.1) is 5.41 Å². The van der Waals surface area contributed by atoms with E-state index in [0.29, 0.717) is 6.54 Å². The van der Waals surface area contributed by atoms with Gasteiger partial charge in [0.15, 0.2) is 0 Å². The molecule has 0 spiro atoms. The van der Waals surface area contributed by atoms with Gasteiger partial charge < -0.3 is 15.5 Å². The highest BCUT2D eigenvalue weighted by atomic mass is 16.3. The molecule has 0 aliphatic rings. The average Bonchev–Trinajstić information content (AvgIpc) is 2.11. The van der Waals surface area contributed by atoms with E-state index >= 15 is 0 Å². The minimum Gasteiger partial charge on any atom is -0.396 e. The molecule has 0 heterocycles. The fraction of sp³-hybridized carbons (Fsp3) is 1.00. The number of hydrogen-bond acceptors (Lipinski definition) is 3. The second-order valence-corrected chi connectivity index (χ2v) is 4.78. The lowest BCUT2D eigenvalue weighted by Gasteiger charge is -2.31. The van der Waals surface area contributed by atoms with Crippen LogP contribution in [0.1, 0.15) is 40.5 Å². The van der Waals surface area contributed by atoms with E-state index in [-0.39, 0.29) is 12.0 Å². The first-order valence-electron chi connectivity index (χ1n) is 5.43. The molecule has 0 aliphatic heterocycles. The summed E-state index contributed by atoms with van der Waals surface area (Å²) in [7, 11) is 0. The quantitative estimate of drug-likeness (QED) is 0.582. The first-order chi connectivity index (χ1) is 6.39. The van der Waals surface area contributed by atoms with E-state index in [0.717, 1.165) is 19.4 Å². The fourth-order valence-electron chi connectivity index (χ4n) is 1.41. The van der Waals surface area contributed by atoms with Crippen molar-refractivity contribution in [2.45, 2.75) is 46.1 Å². The summed E-state index contributed by atoms with van der Waals surface area (Å²) >= 11 is 0. The third-order valence-corrected chi connectivity index (χ3v) is 2.89. The molecular formula is C11H25NO2. The SMILES string of the molecule is CCC(CC)(CO)CNCC(C)(C)O. The number of aliphatic hydroxyl groups excluding tert-OH is 1. The third kappa shape index (κ3) is 4.94. The van der Waals surface area contributed by atoms with Crippen LogP contribution in [0.15, 0.2) is 0 Å². The molecule has 0 aromatic heterocycles. The Hall–Kier alpha value is -0.120. The zero-order valence-corrected chi connectivity index (χ0v) is 9.93. The molecule has 0 unspecified atom stereocenters. The molecule has 0 rings (SSSR count). The molecule has 0 bridgehead atoms. The van der Waals surface area contributed by atoms with Crippen LogP contribution in [0.3, 0.4) is 0 Å². The van der Waals surface area contributed by atoms with E-state index in [4.69, 9.17) is 0 Å². The minimum absolute atomic E-state index is 0.0226. The number of nitrogens with one attached hydrogen (secondary N) is 1. The molecule has 0 radical (unpaired) electrons. The Balaban J connectivity index is 3.95. The van der Waals surface area contributed by atoms with Crippen LogP contribution >= 0.6 is 0 Å². The van der Waals surface area contributed by atoms with Gasteiger partial charge in [-0.1, -0.05) is 13.8 Å². The fourth-order valence-corrected chi connectivity index (χ4v) is 1.41. The minimum atomic E-state index is -0.678. The Bertz CT molecular complexity index is 140. The molecule has 0 atom stereocenters. The van der Waals surface area contributed by atoms with Gasteiger partial charge in [0, 0.05) is 25.1 Å². The highest BCUT2D eigenvalue weighted by Gasteiger charge is 2.25. The molecule has 0 aromatic carbocycles. The highest BCUT2D eigenvalue weighted by molar-refractivity contribution is 4.80. The van der Waals surface area contributed by atoms with Crippen molar-refractivity contribution in [2.75, 3.05) is 19.7 Å². The van der Waals surface area contributed by atoms with Crippen molar-refractivity contribution in [1.82, 2.24) is 5.32 Å². The summed E-state index contributed by atoms with van der Waals surface area (Å²) in [6, 6.07) is 0. The number of hydrogen-bond donors (Lipinski definition) is 3. The van der Waals surface area contributed by atoms with Gasteiger partial charge in [0.05, 0.1) is 5.60 Å². The van der Waals surface area contributed by atoms with Crippen LogP contribution in [-0.2, 0) is 0 Å². The van der Waals surface area contributed by atoms with Gasteiger partial charge >= 0.3 is 0 Å². The molecular weight excluding hydrogens is 178 g/mol. The molecule has 0 aromatic rings. The molecule has 0 aliphatic carbocycles. The highest BCUT2D eigenvalue weighted by Crippen LogP contribution is 2.24. The van der Waals surface area contributed by atoms with Crippen molar-refractivity contribution in [2.24, 2.45) is 5.41 Å². The third-order valence-electron chi connectivity index (χ3n) is 2.89. The van der Waals surface area contributed by atoms with E-state index in [2.05, 4.69) is 19.2 Å². The summed E-state index contributed by atoms with van der Waals surface area (Å²) in [6.45, 7) is 9.27. The smallest absolute Gasteiger partial charge is 0.0715 e. The molecule has 14 heavy (non-hydrogen) atoms. The Kier molecular flexibility index (Phi) is 5.64. The standard InChI is InChI=1S/C11H25NO2/c1-5-11(6-2,9-13)8-12-7-10(3,4)14/h12-14H,5-9H2,1-4H3. The van der Waals surface area contributed by atoms with Crippen LogP contribution in [0.25, 0.3) is 0 Å². The van der Waals surface area contributed by atoms with E-state index in [1.54, 1.807) is 13.8 Å².